The van der Waals surface area contributed by atoms with Crippen molar-refractivity contribution in [2.75, 3.05) is 13.2 Å². The molecule has 2 aliphatic heterocycles. The van der Waals surface area contributed by atoms with E-state index in [9.17, 15) is 9.50 Å². The first kappa shape index (κ1) is 12.9. The summed E-state index contributed by atoms with van der Waals surface area (Å²) in [6.45, 7) is 3.42. The van der Waals surface area contributed by atoms with E-state index in [1.165, 1.54) is 18.6 Å². The van der Waals surface area contributed by atoms with Gasteiger partial charge in [-0.25, -0.2) is 4.39 Å². The lowest BCUT2D eigenvalue weighted by molar-refractivity contribution is -0.0249. The maximum absolute atomic E-state index is 13.5. The SMILES string of the molecule is CC1CCCCN1C1c2cc(F)ccc2OCC1O. The van der Waals surface area contributed by atoms with Crippen LogP contribution in [-0.4, -0.2) is 35.3 Å². The molecule has 104 valence electrons. The first-order valence-electron chi connectivity index (χ1n) is 7.03. The molecule has 1 N–H and O–H groups in total. The van der Waals surface area contributed by atoms with Crippen LogP contribution in [0.5, 0.6) is 5.75 Å². The lowest BCUT2D eigenvalue weighted by Crippen LogP contribution is -2.48. The highest BCUT2D eigenvalue weighted by Gasteiger charge is 2.37. The van der Waals surface area contributed by atoms with Crippen LogP contribution < -0.4 is 4.74 Å². The van der Waals surface area contributed by atoms with Crippen LogP contribution in [0.4, 0.5) is 4.39 Å². The molecule has 0 amide bonds. The van der Waals surface area contributed by atoms with E-state index in [0.29, 0.717) is 11.8 Å². The van der Waals surface area contributed by atoms with Crippen molar-refractivity contribution < 1.29 is 14.2 Å². The fourth-order valence-corrected chi connectivity index (χ4v) is 3.29. The van der Waals surface area contributed by atoms with Gasteiger partial charge in [-0.3, -0.25) is 4.90 Å². The van der Waals surface area contributed by atoms with E-state index in [-0.39, 0.29) is 18.5 Å². The van der Waals surface area contributed by atoms with Crippen molar-refractivity contribution in [2.24, 2.45) is 0 Å². The largest absolute Gasteiger partial charge is 0.490 e. The van der Waals surface area contributed by atoms with Gasteiger partial charge in [0.05, 0.1) is 6.04 Å². The van der Waals surface area contributed by atoms with Gasteiger partial charge in [0.1, 0.15) is 24.3 Å². The number of halogens is 1. The number of hydrogen-bond acceptors (Lipinski definition) is 3. The number of fused-ring (bicyclic) bond motifs is 1. The van der Waals surface area contributed by atoms with E-state index < -0.39 is 6.10 Å². The number of benzene rings is 1. The van der Waals surface area contributed by atoms with Gasteiger partial charge in [-0.2, -0.15) is 0 Å². The maximum atomic E-state index is 13.5. The minimum atomic E-state index is -0.588. The molecule has 4 heteroatoms. The number of nitrogens with zero attached hydrogens (tertiary/aromatic N) is 1. The molecule has 3 nitrogen and oxygen atoms in total. The predicted octanol–water partition coefficient (Wildman–Crippen LogP) is 2.49. The van der Waals surface area contributed by atoms with Gasteiger partial charge in [0.15, 0.2) is 0 Å². The van der Waals surface area contributed by atoms with Gasteiger partial charge < -0.3 is 9.84 Å². The van der Waals surface area contributed by atoms with Crippen LogP contribution in [0.25, 0.3) is 0 Å². The molecular formula is C15H20FNO2. The minimum Gasteiger partial charge on any atom is -0.490 e. The second-order valence-electron chi connectivity index (χ2n) is 5.59. The van der Waals surface area contributed by atoms with Crippen molar-refractivity contribution in [2.45, 2.75) is 44.4 Å². The number of aliphatic hydroxyl groups is 1. The minimum absolute atomic E-state index is 0.144. The molecule has 0 spiro atoms. The first-order valence-corrected chi connectivity index (χ1v) is 7.03. The average molecular weight is 265 g/mol. The molecular weight excluding hydrogens is 245 g/mol. The Morgan fingerprint density at radius 3 is 3.00 bits per heavy atom. The highest BCUT2D eigenvalue weighted by molar-refractivity contribution is 5.39. The Labute approximate surface area is 113 Å². The lowest BCUT2D eigenvalue weighted by Gasteiger charge is -2.44. The summed E-state index contributed by atoms with van der Waals surface area (Å²) in [7, 11) is 0. The molecule has 2 aliphatic rings. The number of hydrogen-bond donors (Lipinski definition) is 1. The van der Waals surface area contributed by atoms with Gasteiger partial charge in [-0.15, -0.1) is 0 Å². The van der Waals surface area contributed by atoms with E-state index in [0.717, 1.165) is 24.9 Å². The zero-order chi connectivity index (χ0) is 13.4. The molecule has 1 fully saturated rings. The molecule has 1 saturated heterocycles. The van der Waals surface area contributed by atoms with Gasteiger partial charge >= 0.3 is 0 Å². The summed E-state index contributed by atoms with van der Waals surface area (Å²) in [5.74, 6) is 0.431. The van der Waals surface area contributed by atoms with Gasteiger partial charge in [0.25, 0.3) is 0 Å². The summed E-state index contributed by atoms with van der Waals surface area (Å²) in [6.07, 6.45) is 2.91. The van der Waals surface area contributed by atoms with Gasteiger partial charge in [-0.1, -0.05) is 6.42 Å². The zero-order valence-corrected chi connectivity index (χ0v) is 11.2. The van der Waals surface area contributed by atoms with Crippen molar-refractivity contribution in [1.29, 1.82) is 0 Å². The monoisotopic (exact) mass is 265 g/mol. The average Bonchev–Trinajstić information content (AvgIpc) is 2.40. The standard InChI is InChI=1S/C15H20FNO2/c1-10-4-2-3-7-17(10)15-12-8-11(16)5-6-14(12)19-9-13(15)18/h5-6,8,10,13,15,18H,2-4,7,9H2,1H3. The van der Waals surface area contributed by atoms with Crippen molar-refractivity contribution in [3.8, 4) is 5.75 Å². The second kappa shape index (κ2) is 5.10. The highest BCUT2D eigenvalue weighted by atomic mass is 19.1. The molecule has 0 bridgehead atoms. The Morgan fingerprint density at radius 2 is 2.21 bits per heavy atom. The second-order valence-corrected chi connectivity index (χ2v) is 5.59. The van der Waals surface area contributed by atoms with Crippen molar-refractivity contribution in [3.63, 3.8) is 0 Å². The van der Waals surface area contributed by atoms with Crippen LogP contribution in [0.3, 0.4) is 0 Å². The smallest absolute Gasteiger partial charge is 0.124 e. The number of likely N-dealkylation sites (tertiary alicyclic amines) is 1. The molecule has 1 aromatic carbocycles. The molecule has 3 rings (SSSR count). The molecule has 0 radical (unpaired) electrons. The van der Waals surface area contributed by atoms with Gasteiger partial charge in [0.2, 0.25) is 0 Å². The summed E-state index contributed by atoms with van der Waals surface area (Å²) < 4.78 is 19.0. The molecule has 0 aromatic heterocycles. The number of piperidine rings is 1. The predicted molar refractivity (Wildman–Crippen MR) is 70.7 cm³/mol. The van der Waals surface area contributed by atoms with E-state index in [2.05, 4.69) is 11.8 Å². The number of ether oxygens (including phenoxy) is 1. The zero-order valence-electron chi connectivity index (χ0n) is 11.2. The molecule has 0 saturated carbocycles. The Kier molecular flexibility index (Phi) is 3.46. The van der Waals surface area contributed by atoms with Crippen LogP contribution >= 0.6 is 0 Å². The van der Waals surface area contributed by atoms with E-state index in [1.807, 2.05) is 0 Å². The quantitative estimate of drug-likeness (QED) is 0.847. The van der Waals surface area contributed by atoms with Crippen LogP contribution in [-0.2, 0) is 0 Å². The third kappa shape index (κ3) is 2.35. The van der Waals surface area contributed by atoms with Crippen molar-refractivity contribution in [3.05, 3.63) is 29.6 Å². The Morgan fingerprint density at radius 1 is 1.37 bits per heavy atom. The fourth-order valence-electron chi connectivity index (χ4n) is 3.29. The maximum Gasteiger partial charge on any atom is 0.124 e. The lowest BCUT2D eigenvalue weighted by atomic mass is 9.92. The molecule has 19 heavy (non-hydrogen) atoms. The third-order valence-corrected chi connectivity index (χ3v) is 4.28. The summed E-state index contributed by atoms with van der Waals surface area (Å²) >= 11 is 0. The highest BCUT2D eigenvalue weighted by Crippen LogP contribution is 2.39. The number of rotatable bonds is 1. The normalized spacial score (nSPS) is 31.6. The van der Waals surface area contributed by atoms with Gasteiger partial charge in [-0.05, 0) is 44.5 Å². The number of aliphatic hydroxyl groups excluding tert-OH is 1. The van der Waals surface area contributed by atoms with Gasteiger partial charge in [0, 0.05) is 11.6 Å². The Balaban J connectivity index is 1.97. The van der Waals surface area contributed by atoms with Crippen LogP contribution in [0.2, 0.25) is 0 Å². The molecule has 3 unspecified atom stereocenters. The molecule has 2 heterocycles. The summed E-state index contributed by atoms with van der Waals surface area (Å²) in [5, 5.41) is 10.3. The van der Waals surface area contributed by atoms with E-state index >= 15 is 0 Å². The third-order valence-electron chi connectivity index (χ3n) is 4.28. The summed E-state index contributed by atoms with van der Waals surface area (Å²) in [6, 6.07) is 4.85. The topological polar surface area (TPSA) is 32.7 Å². The molecule has 3 atom stereocenters. The fraction of sp³-hybridized carbons (Fsp3) is 0.600. The van der Waals surface area contributed by atoms with Crippen LogP contribution in [0.15, 0.2) is 18.2 Å². The van der Waals surface area contributed by atoms with Crippen LogP contribution in [0, 0.1) is 5.82 Å². The first-order chi connectivity index (χ1) is 9.16. The van der Waals surface area contributed by atoms with E-state index in [1.54, 1.807) is 6.07 Å². The summed E-state index contributed by atoms with van der Waals surface area (Å²) in [4.78, 5) is 2.30. The Bertz CT molecular complexity index is 465. The van der Waals surface area contributed by atoms with Crippen molar-refractivity contribution in [1.82, 2.24) is 4.90 Å². The molecule has 0 aliphatic carbocycles. The Hall–Kier alpha value is -1.13. The van der Waals surface area contributed by atoms with E-state index in [4.69, 9.17) is 4.74 Å². The molecule has 1 aromatic rings. The van der Waals surface area contributed by atoms with Crippen molar-refractivity contribution >= 4 is 0 Å². The van der Waals surface area contributed by atoms with Crippen LogP contribution in [0.1, 0.15) is 37.8 Å². The summed E-state index contributed by atoms with van der Waals surface area (Å²) in [5.41, 5.74) is 0.785.